The van der Waals surface area contributed by atoms with Gasteiger partial charge in [-0.2, -0.15) is 0 Å². The van der Waals surface area contributed by atoms with Gasteiger partial charge in [-0.05, 0) is 57.7 Å². The molecule has 1 fully saturated rings. The van der Waals surface area contributed by atoms with Crippen molar-refractivity contribution in [2.75, 3.05) is 6.54 Å². The van der Waals surface area contributed by atoms with Crippen molar-refractivity contribution in [1.29, 1.82) is 0 Å². The fourth-order valence-corrected chi connectivity index (χ4v) is 2.90. The Labute approximate surface area is 115 Å². The molecule has 3 nitrogen and oxygen atoms in total. The molecule has 0 bridgehead atoms. The molecule has 104 valence electrons. The molecule has 1 heterocycles. The second-order valence-electron chi connectivity index (χ2n) is 5.89. The van der Waals surface area contributed by atoms with Gasteiger partial charge >= 0.3 is 5.97 Å². The molecule has 2 rings (SSSR count). The van der Waals surface area contributed by atoms with Gasteiger partial charge in [0, 0.05) is 6.54 Å². The minimum atomic E-state index is -0.713. The van der Waals surface area contributed by atoms with Crippen LogP contribution in [0.1, 0.15) is 42.9 Å². The van der Waals surface area contributed by atoms with Crippen LogP contribution in [0.25, 0.3) is 0 Å². The van der Waals surface area contributed by atoms with Gasteiger partial charge in [0.1, 0.15) is 5.54 Å². The Morgan fingerprint density at radius 1 is 1.37 bits per heavy atom. The number of nitrogens with zero attached hydrogens (tertiary/aromatic N) is 1. The number of rotatable bonds is 3. The summed E-state index contributed by atoms with van der Waals surface area (Å²) in [5.74, 6) is -0.697. The number of hydrogen-bond acceptors (Lipinski definition) is 2. The van der Waals surface area contributed by atoms with Gasteiger partial charge in [0.15, 0.2) is 0 Å². The normalized spacial score (nSPS) is 24.4. The second kappa shape index (κ2) is 5.33. The van der Waals surface area contributed by atoms with Crippen LogP contribution in [0.15, 0.2) is 18.2 Å². The molecule has 19 heavy (non-hydrogen) atoms. The average molecular weight is 261 g/mol. The number of aliphatic carboxylic acids is 1. The van der Waals surface area contributed by atoms with E-state index in [0.717, 1.165) is 32.4 Å². The van der Waals surface area contributed by atoms with E-state index in [1.165, 1.54) is 16.7 Å². The minimum absolute atomic E-state index is 0.697. The van der Waals surface area contributed by atoms with E-state index in [1.54, 1.807) is 0 Å². The first-order valence-corrected chi connectivity index (χ1v) is 6.98. The highest BCUT2D eigenvalue weighted by Gasteiger charge is 2.41. The molecule has 1 atom stereocenters. The first kappa shape index (κ1) is 14.1. The molecular weight excluding hydrogens is 238 g/mol. The maximum absolute atomic E-state index is 11.6. The molecule has 0 aromatic heterocycles. The monoisotopic (exact) mass is 261 g/mol. The van der Waals surface area contributed by atoms with Crippen LogP contribution >= 0.6 is 0 Å². The van der Waals surface area contributed by atoms with Gasteiger partial charge in [0.25, 0.3) is 0 Å². The van der Waals surface area contributed by atoms with Crippen molar-refractivity contribution in [2.45, 2.75) is 52.1 Å². The van der Waals surface area contributed by atoms with Gasteiger partial charge in [-0.15, -0.1) is 0 Å². The lowest BCUT2D eigenvalue weighted by molar-refractivity contribution is -0.153. The fourth-order valence-electron chi connectivity index (χ4n) is 2.90. The molecule has 1 unspecified atom stereocenters. The molecule has 1 aromatic rings. The summed E-state index contributed by atoms with van der Waals surface area (Å²) in [6, 6.07) is 6.39. The van der Waals surface area contributed by atoms with Crippen LogP contribution in [0.4, 0.5) is 0 Å². The van der Waals surface area contributed by atoms with E-state index >= 15 is 0 Å². The zero-order chi connectivity index (χ0) is 14.0. The zero-order valence-electron chi connectivity index (χ0n) is 12.1. The first-order chi connectivity index (χ1) is 8.93. The summed E-state index contributed by atoms with van der Waals surface area (Å²) in [6.07, 6.45) is 2.84. The summed E-state index contributed by atoms with van der Waals surface area (Å²) in [4.78, 5) is 13.7. The molecule has 1 saturated heterocycles. The van der Waals surface area contributed by atoms with Gasteiger partial charge in [-0.25, -0.2) is 0 Å². The van der Waals surface area contributed by atoms with Crippen molar-refractivity contribution < 1.29 is 9.90 Å². The van der Waals surface area contributed by atoms with Gasteiger partial charge in [-0.1, -0.05) is 23.8 Å². The predicted octanol–water partition coefficient (Wildman–Crippen LogP) is 3.13. The Hall–Kier alpha value is -1.35. The van der Waals surface area contributed by atoms with Crippen molar-refractivity contribution in [3.05, 3.63) is 34.9 Å². The summed E-state index contributed by atoms with van der Waals surface area (Å²) in [5, 5.41) is 9.52. The number of carboxylic acids is 1. The van der Waals surface area contributed by atoms with E-state index < -0.39 is 11.5 Å². The Kier molecular flexibility index (Phi) is 3.95. The van der Waals surface area contributed by atoms with Crippen LogP contribution in [-0.2, 0) is 11.3 Å². The van der Waals surface area contributed by atoms with Gasteiger partial charge < -0.3 is 5.11 Å². The molecule has 0 saturated carbocycles. The first-order valence-electron chi connectivity index (χ1n) is 6.98. The van der Waals surface area contributed by atoms with Crippen LogP contribution in [0.3, 0.4) is 0 Å². The Bertz CT molecular complexity index is 484. The van der Waals surface area contributed by atoms with Crippen molar-refractivity contribution in [3.8, 4) is 0 Å². The molecular formula is C16H23NO2. The van der Waals surface area contributed by atoms with Crippen molar-refractivity contribution >= 4 is 5.97 Å². The highest BCUT2D eigenvalue weighted by molar-refractivity contribution is 5.78. The van der Waals surface area contributed by atoms with E-state index in [0.29, 0.717) is 0 Å². The third-order valence-corrected chi connectivity index (χ3v) is 4.36. The molecule has 1 N–H and O–H groups in total. The maximum atomic E-state index is 11.6. The van der Waals surface area contributed by atoms with Crippen LogP contribution in [0, 0.1) is 13.8 Å². The molecule has 1 aliphatic rings. The van der Waals surface area contributed by atoms with Gasteiger partial charge in [0.2, 0.25) is 0 Å². The molecule has 0 amide bonds. The lowest BCUT2D eigenvalue weighted by Gasteiger charge is -2.41. The van der Waals surface area contributed by atoms with E-state index in [-0.39, 0.29) is 0 Å². The lowest BCUT2D eigenvalue weighted by Crippen LogP contribution is -2.54. The van der Waals surface area contributed by atoms with Crippen molar-refractivity contribution in [2.24, 2.45) is 0 Å². The maximum Gasteiger partial charge on any atom is 0.323 e. The summed E-state index contributed by atoms with van der Waals surface area (Å²) in [5.41, 5.74) is 3.02. The third-order valence-electron chi connectivity index (χ3n) is 4.36. The smallest absolute Gasteiger partial charge is 0.323 e. The molecule has 1 aliphatic heterocycles. The molecule has 3 heteroatoms. The lowest BCUT2D eigenvalue weighted by atomic mass is 9.87. The topological polar surface area (TPSA) is 40.5 Å². The SMILES string of the molecule is Cc1ccc(CN2CCCCC2(C)C(=O)O)c(C)c1. The number of carboxylic acid groups (broad SMARTS) is 1. The number of piperidine rings is 1. The predicted molar refractivity (Wildman–Crippen MR) is 76.2 cm³/mol. The summed E-state index contributed by atoms with van der Waals surface area (Å²) in [6.45, 7) is 7.65. The summed E-state index contributed by atoms with van der Waals surface area (Å²) >= 11 is 0. The van der Waals surface area contributed by atoms with Crippen LogP contribution < -0.4 is 0 Å². The van der Waals surface area contributed by atoms with E-state index in [4.69, 9.17) is 0 Å². The second-order valence-corrected chi connectivity index (χ2v) is 5.89. The zero-order valence-corrected chi connectivity index (χ0v) is 12.1. The van der Waals surface area contributed by atoms with Crippen molar-refractivity contribution in [1.82, 2.24) is 4.90 Å². The van der Waals surface area contributed by atoms with E-state index in [1.807, 2.05) is 6.92 Å². The number of benzene rings is 1. The minimum Gasteiger partial charge on any atom is -0.480 e. The quantitative estimate of drug-likeness (QED) is 0.908. The van der Waals surface area contributed by atoms with E-state index in [9.17, 15) is 9.90 Å². The molecule has 0 radical (unpaired) electrons. The Morgan fingerprint density at radius 2 is 2.11 bits per heavy atom. The molecule has 0 spiro atoms. The van der Waals surface area contributed by atoms with Crippen LogP contribution in [0.5, 0.6) is 0 Å². The van der Waals surface area contributed by atoms with E-state index in [2.05, 4.69) is 36.9 Å². The van der Waals surface area contributed by atoms with Crippen molar-refractivity contribution in [3.63, 3.8) is 0 Å². The van der Waals surface area contributed by atoms with Gasteiger partial charge in [0.05, 0.1) is 0 Å². The standard InChI is InChI=1S/C16H23NO2/c1-12-6-7-14(13(2)10-12)11-17-9-5-4-8-16(17,3)15(18)19/h6-7,10H,4-5,8-9,11H2,1-3H3,(H,18,19). The highest BCUT2D eigenvalue weighted by atomic mass is 16.4. The Morgan fingerprint density at radius 3 is 2.74 bits per heavy atom. The Balaban J connectivity index is 2.22. The molecule has 0 aliphatic carbocycles. The largest absolute Gasteiger partial charge is 0.480 e. The number of aryl methyl sites for hydroxylation is 2. The van der Waals surface area contributed by atoms with Crippen LogP contribution in [0.2, 0.25) is 0 Å². The fraction of sp³-hybridized carbons (Fsp3) is 0.562. The summed E-state index contributed by atoms with van der Waals surface area (Å²) in [7, 11) is 0. The molecule has 1 aromatic carbocycles. The third kappa shape index (κ3) is 2.81. The number of likely N-dealkylation sites (tertiary alicyclic amines) is 1. The average Bonchev–Trinajstić information content (AvgIpc) is 2.35. The highest BCUT2D eigenvalue weighted by Crippen LogP contribution is 2.30. The number of hydrogen-bond donors (Lipinski definition) is 1. The summed E-state index contributed by atoms with van der Waals surface area (Å²) < 4.78 is 0. The number of carbonyl (C=O) groups is 1. The van der Waals surface area contributed by atoms with Gasteiger partial charge in [-0.3, -0.25) is 9.69 Å². The van der Waals surface area contributed by atoms with Crippen LogP contribution in [-0.4, -0.2) is 28.1 Å².